The van der Waals surface area contributed by atoms with Gasteiger partial charge >= 0.3 is 0 Å². The Labute approximate surface area is 426 Å². The van der Waals surface area contributed by atoms with Crippen LogP contribution in [0.4, 0.5) is 5.69 Å². The molecule has 342 valence electrons. The van der Waals surface area contributed by atoms with Crippen molar-refractivity contribution in [1.29, 1.82) is 10.5 Å². The molecule has 0 fully saturated rings. The highest BCUT2D eigenvalue weighted by Gasteiger charge is 2.22. The first-order chi connectivity index (χ1) is 36.5. The molecule has 0 aliphatic rings. The van der Waals surface area contributed by atoms with Crippen LogP contribution in [0.1, 0.15) is 11.1 Å². The summed E-state index contributed by atoms with van der Waals surface area (Å²) in [5.74, 6) is 1.37. The van der Waals surface area contributed by atoms with E-state index in [-0.39, 0.29) is 0 Å². The molecule has 3 aromatic heterocycles. The molecular formula is C66H38N8. The number of para-hydroxylation sites is 4. The minimum atomic E-state index is 0.456. The lowest BCUT2D eigenvalue weighted by Gasteiger charge is -2.17. The number of fused-ring (bicyclic) bond motifs is 6. The predicted molar refractivity (Wildman–Crippen MR) is 297 cm³/mol. The molecule has 0 amide bonds. The average molecular weight is 943 g/mol. The van der Waals surface area contributed by atoms with Gasteiger partial charge in [-0.05, 0) is 89.0 Å². The lowest BCUT2D eigenvalue weighted by Crippen LogP contribution is -2.03. The standard InChI is InChI=1S/C66H38N8/c1-69-50-21-14-19-45(37-50)53-34-32-48(39-63(53)74-60-29-10-6-25-56(60)57-26-7-11-30-61(57)74)66-71-64(46-20-13-18-44(36-46)51-22-3-2-16-49(51)41-68)70-65(72-66)47-31-33-52(43-17-12-15-42(35-43)40-67)62(38-47)73-58-27-8-4-23-54(58)55-24-5-9-28-59(55)73/h2-39H. The van der Waals surface area contributed by atoms with Crippen LogP contribution in [-0.2, 0) is 0 Å². The van der Waals surface area contributed by atoms with E-state index < -0.39 is 0 Å². The van der Waals surface area contributed by atoms with Gasteiger partial charge in [0.25, 0.3) is 0 Å². The summed E-state index contributed by atoms with van der Waals surface area (Å²) in [6, 6.07) is 82.1. The second kappa shape index (κ2) is 17.9. The number of nitrogens with zero attached hydrogens (tertiary/aromatic N) is 8. The van der Waals surface area contributed by atoms with Crippen LogP contribution in [0.2, 0.25) is 0 Å². The Morgan fingerprint density at radius 2 is 0.770 bits per heavy atom. The normalized spacial score (nSPS) is 11.2. The molecule has 10 aromatic carbocycles. The highest BCUT2D eigenvalue weighted by Crippen LogP contribution is 2.41. The third-order valence-electron chi connectivity index (χ3n) is 13.9. The molecule has 74 heavy (non-hydrogen) atoms. The van der Waals surface area contributed by atoms with E-state index in [2.05, 4.69) is 154 Å². The zero-order chi connectivity index (χ0) is 49.7. The summed E-state index contributed by atoms with van der Waals surface area (Å²) in [7, 11) is 0. The zero-order valence-electron chi connectivity index (χ0n) is 39.5. The lowest BCUT2D eigenvalue weighted by molar-refractivity contribution is 1.07. The van der Waals surface area contributed by atoms with Crippen LogP contribution in [0, 0.1) is 29.2 Å². The van der Waals surface area contributed by atoms with Gasteiger partial charge in [-0.25, -0.2) is 19.8 Å². The third kappa shape index (κ3) is 7.33. The summed E-state index contributed by atoms with van der Waals surface area (Å²) in [6.45, 7) is 7.89. The van der Waals surface area contributed by atoms with Crippen LogP contribution in [0.3, 0.4) is 0 Å². The van der Waals surface area contributed by atoms with E-state index in [4.69, 9.17) is 21.5 Å². The Balaban J connectivity index is 1.08. The number of aromatic nitrogens is 5. The molecule has 0 aliphatic carbocycles. The monoisotopic (exact) mass is 942 g/mol. The number of nitriles is 2. The van der Waals surface area contributed by atoms with Crippen molar-refractivity contribution in [2.45, 2.75) is 0 Å². The molecule has 13 aromatic rings. The van der Waals surface area contributed by atoms with Gasteiger partial charge in [-0.2, -0.15) is 10.5 Å². The van der Waals surface area contributed by atoms with Gasteiger partial charge in [-0.15, -0.1) is 0 Å². The molecule has 0 aliphatic heterocycles. The van der Waals surface area contributed by atoms with E-state index in [0.29, 0.717) is 34.3 Å². The topological polar surface area (TPSA) is 100 Å². The molecule has 0 bridgehead atoms. The summed E-state index contributed by atoms with van der Waals surface area (Å²) in [4.78, 5) is 19.8. The van der Waals surface area contributed by atoms with E-state index in [9.17, 15) is 10.5 Å². The second-order valence-electron chi connectivity index (χ2n) is 18.1. The summed E-state index contributed by atoms with van der Waals surface area (Å²) < 4.78 is 4.59. The van der Waals surface area contributed by atoms with Crippen molar-refractivity contribution in [3.63, 3.8) is 0 Å². The third-order valence-corrected chi connectivity index (χ3v) is 13.9. The van der Waals surface area contributed by atoms with Crippen LogP contribution >= 0.6 is 0 Å². The van der Waals surface area contributed by atoms with E-state index in [1.54, 1.807) is 0 Å². The highest BCUT2D eigenvalue weighted by molar-refractivity contribution is 6.11. The quantitative estimate of drug-likeness (QED) is 0.141. The van der Waals surface area contributed by atoms with Crippen molar-refractivity contribution in [2.24, 2.45) is 0 Å². The first kappa shape index (κ1) is 43.3. The molecule has 8 nitrogen and oxygen atoms in total. The Morgan fingerprint density at radius 3 is 1.27 bits per heavy atom. The minimum absolute atomic E-state index is 0.456. The maximum absolute atomic E-state index is 10.1. The minimum Gasteiger partial charge on any atom is -0.309 e. The van der Waals surface area contributed by atoms with Gasteiger partial charge in [0.1, 0.15) is 0 Å². The molecule has 0 N–H and O–H groups in total. The van der Waals surface area contributed by atoms with Gasteiger partial charge in [0.05, 0.1) is 63.3 Å². The van der Waals surface area contributed by atoms with Crippen molar-refractivity contribution < 1.29 is 0 Å². The number of benzene rings is 10. The fourth-order valence-corrected chi connectivity index (χ4v) is 10.5. The first-order valence-corrected chi connectivity index (χ1v) is 24.2. The van der Waals surface area contributed by atoms with Gasteiger partial charge in [-0.3, -0.25) is 0 Å². The molecule has 8 heteroatoms. The number of rotatable bonds is 8. The van der Waals surface area contributed by atoms with Crippen LogP contribution < -0.4 is 0 Å². The van der Waals surface area contributed by atoms with Crippen molar-refractivity contribution in [2.75, 3.05) is 0 Å². The zero-order valence-corrected chi connectivity index (χ0v) is 39.5. The molecular weight excluding hydrogens is 905 g/mol. The fourth-order valence-electron chi connectivity index (χ4n) is 10.5. The molecule has 0 atom stereocenters. The Kier molecular flexibility index (Phi) is 10.5. The smallest absolute Gasteiger partial charge is 0.187 e. The molecule has 0 unspecified atom stereocenters. The molecule has 0 saturated heterocycles. The molecule has 13 rings (SSSR count). The molecule has 0 spiro atoms. The molecule has 0 radical (unpaired) electrons. The molecule has 3 heterocycles. The van der Waals surface area contributed by atoms with Gasteiger partial charge in [0.2, 0.25) is 0 Å². The SMILES string of the molecule is [C-]#[N+]c1cccc(-c2ccc(-c3nc(-c4cccc(-c5ccccc5C#N)c4)nc(-c4ccc(-c5cccc(C#N)c5)c(-n5c6ccccc6c6ccccc65)c4)n3)cc2-n2c3ccccc3c3ccccc32)c1. The summed E-state index contributed by atoms with van der Waals surface area (Å²) in [6.07, 6.45) is 0. The Morgan fingerprint density at radius 1 is 0.351 bits per heavy atom. The fraction of sp³-hybridized carbons (Fsp3) is 0. The van der Waals surface area contributed by atoms with Crippen LogP contribution in [0.15, 0.2) is 231 Å². The predicted octanol–water partition coefficient (Wildman–Crippen LogP) is 16.4. The van der Waals surface area contributed by atoms with Gasteiger partial charge < -0.3 is 9.13 Å². The van der Waals surface area contributed by atoms with E-state index in [1.807, 2.05) is 103 Å². The maximum Gasteiger partial charge on any atom is 0.187 e. The second-order valence-corrected chi connectivity index (χ2v) is 18.1. The molecule has 0 saturated carbocycles. The Hall–Kier alpha value is -10.7. The van der Waals surface area contributed by atoms with E-state index in [0.717, 1.165) is 105 Å². The van der Waals surface area contributed by atoms with Gasteiger partial charge in [0.15, 0.2) is 23.2 Å². The van der Waals surface area contributed by atoms with Crippen LogP contribution in [0.25, 0.3) is 127 Å². The van der Waals surface area contributed by atoms with Crippen LogP contribution in [-0.4, -0.2) is 24.1 Å². The van der Waals surface area contributed by atoms with Crippen molar-refractivity contribution >= 4 is 49.3 Å². The van der Waals surface area contributed by atoms with E-state index >= 15 is 0 Å². The van der Waals surface area contributed by atoms with Crippen molar-refractivity contribution in [3.8, 4) is 91.1 Å². The van der Waals surface area contributed by atoms with Crippen LogP contribution in [0.5, 0.6) is 0 Å². The Bertz CT molecular complexity index is 4210. The maximum atomic E-state index is 10.1. The summed E-state index contributed by atoms with van der Waals surface area (Å²) in [5, 5.41) is 24.7. The first-order valence-electron chi connectivity index (χ1n) is 24.2. The summed E-state index contributed by atoms with van der Waals surface area (Å²) >= 11 is 0. The van der Waals surface area contributed by atoms with E-state index in [1.165, 1.54) is 0 Å². The van der Waals surface area contributed by atoms with Crippen molar-refractivity contribution in [3.05, 3.63) is 253 Å². The lowest BCUT2D eigenvalue weighted by atomic mass is 9.98. The number of hydrogen-bond donors (Lipinski definition) is 0. The average Bonchev–Trinajstić information content (AvgIpc) is 4.03. The number of hydrogen-bond acceptors (Lipinski definition) is 5. The van der Waals surface area contributed by atoms with Gasteiger partial charge in [-0.1, -0.05) is 164 Å². The highest BCUT2D eigenvalue weighted by atomic mass is 15.0. The summed E-state index contributed by atoms with van der Waals surface area (Å²) in [5.41, 5.74) is 15.3. The largest absolute Gasteiger partial charge is 0.309 e. The van der Waals surface area contributed by atoms with Gasteiger partial charge in [0, 0.05) is 49.4 Å². The van der Waals surface area contributed by atoms with Crippen molar-refractivity contribution in [1.82, 2.24) is 24.1 Å².